The number of hydrogen-bond donors (Lipinski definition) is 0. The lowest BCUT2D eigenvalue weighted by molar-refractivity contribution is -0.136. The van der Waals surface area contributed by atoms with E-state index < -0.39 is 0 Å². The van der Waals surface area contributed by atoms with Crippen LogP contribution in [0.3, 0.4) is 0 Å². The number of hydrogen-bond acceptors (Lipinski definition) is 4. The number of para-hydroxylation sites is 2. The SMILES string of the molecule is CC(C(=O)N(C)Cc1cnc2ccccc2n1)N1CCc2ccccc2C1. The van der Waals surface area contributed by atoms with Crippen molar-refractivity contribution in [3.8, 4) is 0 Å². The molecule has 1 aromatic heterocycles. The zero-order chi connectivity index (χ0) is 18.8. The van der Waals surface area contributed by atoms with Crippen LogP contribution in [0.4, 0.5) is 0 Å². The fraction of sp³-hybridized carbons (Fsp3) is 0.318. The minimum Gasteiger partial charge on any atom is -0.338 e. The fourth-order valence-corrected chi connectivity index (χ4v) is 3.72. The molecule has 3 aromatic rings. The van der Waals surface area contributed by atoms with Gasteiger partial charge in [-0.3, -0.25) is 14.7 Å². The summed E-state index contributed by atoms with van der Waals surface area (Å²) < 4.78 is 0. The van der Waals surface area contributed by atoms with Crippen molar-refractivity contribution >= 4 is 16.9 Å². The molecule has 27 heavy (non-hydrogen) atoms. The molecule has 1 aliphatic rings. The summed E-state index contributed by atoms with van der Waals surface area (Å²) in [7, 11) is 1.84. The molecular formula is C22H24N4O. The van der Waals surface area contributed by atoms with Crippen LogP contribution in [-0.4, -0.2) is 45.3 Å². The first-order valence-electron chi connectivity index (χ1n) is 9.38. The van der Waals surface area contributed by atoms with E-state index >= 15 is 0 Å². The molecule has 0 saturated carbocycles. The van der Waals surface area contributed by atoms with Crippen LogP contribution in [0.15, 0.2) is 54.7 Å². The molecule has 1 unspecified atom stereocenters. The molecule has 5 nitrogen and oxygen atoms in total. The molecule has 0 N–H and O–H groups in total. The Morgan fingerprint density at radius 2 is 1.81 bits per heavy atom. The summed E-state index contributed by atoms with van der Waals surface area (Å²) in [5.41, 5.74) is 5.26. The molecule has 0 bridgehead atoms. The molecule has 1 aliphatic heterocycles. The van der Waals surface area contributed by atoms with Gasteiger partial charge in [0, 0.05) is 20.1 Å². The molecule has 0 saturated heterocycles. The highest BCUT2D eigenvalue weighted by molar-refractivity contribution is 5.81. The monoisotopic (exact) mass is 360 g/mol. The Morgan fingerprint density at radius 1 is 1.11 bits per heavy atom. The summed E-state index contributed by atoms with van der Waals surface area (Å²) >= 11 is 0. The summed E-state index contributed by atoms with van der Waals surface area (Å²) in [6, 6.07) is 16.1. The maximum Gasteiger partial charge on any atom is 0.239 e. The largest absolute Gasteiger partial charge is 0.338 e. The first-order chi connectivity index (χ1) is 13.1. The van der Waals surface area contributed by atoms with E-state index in [4.69, 9.17) is 0 Å². The predicted octanol–water partition coefficient (Wildman–Crippen LogP) is 3.04. The van der Waals surface area contributed by atoms with Gasteiger partial charge in [-0.2, -0.15) is 0 Å². The Kier molecular flexibility index (Phi) is 4.86. The van der Waals surface area contributed by atoms with Crippen molar-refractivity contribution in [2.24, 2.45) is 0 Å². The van der Waals surface area contributed by atoms with Crippen LogP contribution < -0.4 is 0 Å². The van der Waals surface area contributed by atoms with Gasteiger partial charge in [0.25, 0.3) is 0 Å². The molecule has 5 heteroatoms. The van der Waals surface area contributed by atoms with E-state index in [2.05, 4.69) is 39.1 Å². The van der Waals surface area contributed by atoms with Crippen molar-refractivity contribution in [1.82, 2.24) is 19.8 Å². The third-order valence-corrected chi connectivity index (χ3v) is 5.34. The average molecular weight is 360 g/mol. The van der Waals surface area contributed by atoms with E-state index in [1.54, 1.807) is 11.1 Å². The van der Waals surface area contributed by atoms with Gasteiger partial charge in [0.05, 0.1) is 35.5 Å². The third kappa shape index (κ3) is 3.69. The number of carbonyl (C=O) groups is 1. The zero-order valence-corrected chi connectivity index (χ0v) is 15.8. The topological polar surface area (TPSA) is 49.3 Å². The van der Waals surface area contributed by atoms with Gasteiger partial charge in [0.2, 0.25) is 5.91 Å². The summed E-state index contributed by atoms with van der Waals surface area (Å²) in [6.07, 6.45) is 2.75. The van der Waals surface area contributed by atoms with Crippen molar-refractivity contribution in [2.45, 2.75) is 32.5 Å². The molecule has 1 atom stereocenters. The van der Waals surface area contributed by atoms with E-state index in [1.807, 2.05) is 38.2 Å². The minimum atomic E-state index is -0.156. The highest BCUT2D eigenvalue weighted by atomic mass is 16.2. The van der Waals surface area contributed by atoms with Crippen molar-refractivity contribution in [3.63, 3.8) is 0 Å². The van der Waals surface area contributed by atoms with Crippen LogP contribution in [-0.2, 0) is 24.3 Å². The number of carbonyl (C=O) groups excluding carboxylic acids is 1. The van der Waals surface area contributed by atoms with Gasteiger partial charge >= 0.3 is 0 Å². The highest BCUT2D eigenvalue weighted by Gasteiger charge is 2.27. The second kappa shape index (κ2) is 7.45. The third-order valence-electron chi connectivity index (χ3n) is 5.34. The number of rotatable bonds is 4. The lowest BCUT2D eigenvalue weighted by atomic mass is 9.98. The molecule has 0 spiro atoms. The molecule has 2 aromatic carbocycles. The first kappa shape index (κ1) is 17.6. The van der Waals surface area contributed by atoms with Gasteiger partial charge in [-0.05, 0) is 36.6 Å². The Balaban J connectivity index is 1.43. The number of benzene rings is 2. The van der Waals surface area contributed by atoms with E-state index in [9.17, 15) is 4.79 Å². The average Bonchev–Trinajstić information content (AvgIpc) is 2.72. The van der Waals surface area contributed by atoms with Crippen LogP contribution in [0.1, 0.15) is 23.7 Å². The Labute approximate surface area is 159 Å². The van der Waals surface area contributed by atoms with Crippen molar-refractivity contribution in [2.75, 3.05) is 13.6 Å². The van der Waals surface area contributed by atoms with E-state index in [0.717, 1.165) is 36.2 Å². The first-order valence-corrected chi connectivity index (χ1v) is 9.38. The van der Waals surface area contributed by atoms with E-state index in [-0.39, 0.29) is 11.9 Å². The van der Waals surface area contributed by atoms with Gasteiger partial charge in [-0.1, -0.05) is 36.4 Å². The number of amides is 1. The second-order valence-electron chi connectivity index (χ2n) is 7.21. The van der Waals surface area contributed by atoms with Crippen molar-refractivity contribution in [1.29, 1.82) is 0 Å². The standard InChI is InChI=1S/C22H24N4O/c1-16(26-12-11-17-7-3-4-8-18(17)14-26)22(27)25(2)15-19-13-23-20-9-5-6-10-21(20)24-19/h3-10,13,16H,11-12,14-15H2,1-2H3. The summed E-state index contributed by atoms with van der Waals surface area (Å²) in [5.74, 6) is 0.115. The summed E-state index contributed by atoms with van der Waals surface area (Å²) in [6.45, 7) is 4.20. The molecule has 0 fully saturated rings. The van der Waals surface area contributed by atoms with E-state index in [1.165, 1.54) is 11.1 Å². The molecule has 4 rings (SSSR count). The molecule has 0 aliphatic carbocycles. The highest BCUT2D eigenvalue weighted by Crippen LogP contribution is 2.21. The van der Waals surface area contributed by atoms with E-state index in [0.29, 0.717) is 6.54 Å². The maximum absolute atomic E-state index is 13.0. The normalized spacial score (nSPS) is 15.3. The number of likely N-dealkylation sites (N-methyl/N-ethyl adjacent to an activating group) is 1. The predicted molar refractivity (Wildman–Crippen MR) is 106 cm³/mol. The van der Waals surface area contributed by atoms with Crippen LogP contribution in [0.25, 0.3) is 11.0 Å². The van der Waals surface area contributed by atoms with Gasteiger partial charge in [-0.25, -0.2) is 4.98 Å². The van der Waals surface area contributed by atoms with Crippen LogP contribution >= 0.6 is 0 Å². The quantitative estimate of drug-likeness (QED) is 0.718. The Hall–Kier alpha value is -2.79. The van der Waals surface area contributed by atoms with Crippen molar-refractivity contribution in [3.05, 3.63) is 71.5 Å². The molecule has 1 amide bonds. The smallest absolute Gasteiger partial charge is 0.239 e. The van der Waals surface area contributed by atoms with Gasteiger partial charge in [0.1, 0.15) is 0 Å². The number of aromatic nitrogens is 2. The molecule has 2 heterocycles. The minimum absolute atomic E-state index is 0.115. The van der Waals surface area contributed by atoms with Gasteiger partial charge < -0.3 is 4.90 Å². The fourth-order valence-electron chi connectivity index (χ4n) is 3.72. The molecule has 138 valence electrons. The Bertz CT molecular complexity index is 971. The number of nitrogens with zero attached hydrogens (tertiary/aromatic N) is 4. The van der Waals surface area contributed by atoms with Crippen LogP contribution in [0, 0.1) is 0 Å². The Morgan fingerprint density at radius 3 is 2.63 bits per heavy atom. The summed E-state index contributed by atoms with van der Waals surface area (Å²) in [5, 5.41) is 0. The van der Waals surface area contributed by atoms with Gasteiger partial charge in [-0.15, -0.1) is 0 Å². The maximum atomic E-state index is 13.0. The molecular weight excluding hydrogens is 336 g/mol. The lowest BCUT2D eigenvalue weighted by Gasteiger charge is -2.34. The number of fused-ring (bicyclic) bond motifs is 2. The summed E-state index contributed by atoms with van der Waals surface area (Å²) in [4.78, 5) is 26.0. The van der Waals surface area contributed by atoms with Gasteiger partial charge in [0.15, 0.2) is 0 Å². The zero-order valence-electron chi connectivity index (χ0n) is 15.8. The van der Waals surface area contributed by atoms with Crippen LogP contribution in [0.5, 0.6) is 0 Å². The van der Waals surface area contributed by atoms with Crippen LogP contribution in [0.2, 0.25) is 0 Å². The lowest BCUT2D eigenvalue weighted by Crippen LogP contribution is -2.47. The molecule has 0 radical (unpaired) electrons. The second-order valence-corrected chi connectivity index (χ2v) is 7.21. The van der Waals surface area contributed by atoms with Crippen molar-refractivity contribution < 1.29 is 4.79 Å².